The van der Waals surface area contributed by atoms with Crippen LogP contribution < -0.4 is 4.74 Å². The van der Waals surface area contributed by atoms with E-state index in [4.69, 9.17) is 14.2 Å². The lowest BCUT2D eigenvalue weighted by Crippen LogP contribution is -2.15. The van der Waals surface area contributed by atoms with Crippen molar-refractivity contribution in [3.63, 3.8) is 0 Å². The zero-order valence-electron chi connectivity index (χ0n) is 18.1. The number of para-hydroxylation sites is 1. The Morgan fingerprint density at radius 1 is 0.935 bits per heavy atom. The van der Waals surface area contributed by atoms with Crippen molar-refractivity contribution in [2.45, 2.75) is 20.3 Å². The van der Waals surface area contributed by atoms with Crippen molar-refractivity contribution in [3.8, 4) is 22.7 Å². The molecule has 0 aliphatic heterocycles. The van der Waals surface area contributed by atoms with E-state index in [0.717, 1.165) is 12.2 Å². The molecule has 0 amide bonds. The predicted octanol–water partition coefficient (Wildman–Crippen LogP) is 4.54. The quantitative estimate of drug-likeness (QED) is 0.496. The van der Waals surface area contributed by atoms with Crippen molar-refractivity contribution >= 4 is 11.9 Å². The van der Waals surface area contributed by atoms with Crippen LogP contribution in [-0.2, 0) is 9.47 Å². The molecule has 2 aromatic carbocycles. The van der Waals surface area contributed by atoms with E-state index < -0.39 is 11.9 Å². The minimum Gasteiger partial charge on any atom is -0.494 e. The highest BCUT2D eigenvalue weighted by Gasteiger charge is 2.31. The lowest BCUT2D eigenvalue weighted by Gasteiger charge is -2.08. The number of ether oxygens (including phenoxy) is 3. The summed E-state index contributed by atoms with van der Waals surface area (Å²) in [5.41, 5.74) is 1.65. The van der Waals surface area contributed by atoms with Crippen LogP contribution in [0.5, 0.6) is 5.75 Å². The number of hydrogen-bond donors (Lipinski definition) is 0. The van der Waals surface area contributed by atoms with Crippen LogP contribution in [0.15, 0.2) is 54.6 Å². The predicted molar refractivity (Wildman–Crippen MR) is 117 cm³/mol. The summed E-state index contributed by atoms with van der Waals surface area (Å²) >= 11 is 0. The summed E-state index contributed by atoms with van der Waals surface area (Å²) in [7, 11) is 2.52. The van der Waals surface area contributed by atoms with Crippen LogP contribution in [0.1, 0.15) is 41.1 Å². The maximum absolute atomic E-state index is 12.7. The highest BCUT2D eigenvalue weighted by atomic mass is 16.5. The van der Waals surface area contributed by atoms with E-state index in [1.807, 2.05) is 30.3 Å². The number of nitrogens with zero attached hydrogens (tertiary/aromatic N) is 2. The topological polar surface area (TPSA) is 79.7 Å². The van der Waals surface area contributed by atoms with E-state index in [2.05, 4.69) is 18.9 Å². The molecule has 3 aromatic rings. The average molecular weight is 422 g/mol. The van der Waals surface area contributed by atoms with Crippen LogP contribution in [-0.4, -0.2) is 42.5 Å². The van der Waals surface area contributed by atoms with Gasteiger partial charge in [0.15, 0.2) is 5.69 Å². The summed E-state index contributed by atoms with van der Waals surface area (Å²) in [6, 6.07) is 16.3. The monoisotopic (exact) mass is 422 g/mol. The number of esters is 2. The van der Waals surface area contributed by atoms with E-state index in [9.17, 15) is 9.59 Å². The molecule has 0 atom stereocenters. The van der Waals surface area contributed by atoms with Crippen LogP contribution in [0.25, 0.3) is 16.9 Å². The fraction of sp³-hybridized carbons (Fsp3) is 0.292. The summed E-state index contributed by atoms with van der Waals surface area (Å²) in [6.07, 6.45) is 0.957. The standard InChI is InChI=1S/C24H26N2O5/c1-16(2)14-15-31-19-12-10-17(11-13-19)21-20(23(27)29-3)22(24(28)30-4)26(25-21)18-8-6-5-7-9-18/h5-13,16H,14-15H2,1-4H3. The van der Waals surface area contributed by atoms with E-state index in [-0.39, 0.29) is 11.3 Å². The highest BCUT2D eigenvalue weighted by molar-refractivity contribution is 6.06. The summed E-state index contributed by atoms with van der Waals surface area (Å²) in [5.74, 6) is -0.0771. The first-order valence-corrected chi connectivity index (χ1v) is 10.0. The molecule has 0 fully saturated rings. The minimum absolute atomic E-state index is 0.00723. The lowest BCUT2D eigenvalue weighted by molar-refractivity contribution is 0.0549. The largest absolute Gasteiger partial charge is 0.494 e. The van der Waals surface area contributed by atoms with Gasteiger partial charge in [-0.05, 0) is 48.7 Å². The molecule has 0 unspecified atom stereocenters. The molecule has 1 aromatic heterocycles. The van der Waals surface area contributed by atoms with Gasteiger partial charge in [0, 0.05) is 5.56 Å². The molecular weight excluding hydrogens is 396 g/mol. The second-order valence-electron chi connectivity index (χ2n) is 7.36. The van der Waals surface area contributed by atoms with Gasteiger partial charge in [0.2, 0.25) is 0 Å². The molecule has 1 heterocycles. The van der Waals surface area contributed by atoms with Crippen molar-refractivity contribution < 1.29 is 23.8 Å². The smallest absolute Gasteiger partial charge is 0.357 e. The molecule has 7 heteroatoms. The van der Waals surface area contributed by atoms with Gasteiger partial charge in [-0.1, -0.05) is 32.0 Å². The van der Waals surface area contributed by atoms with E-state index in [1.165, 1.54) is 18.9 Å². The van der Waals surface area contributed by atoms with Gasteiger partial charge in [-0.25, -0.2) is 14.3 Å². The van der Waals surface area contributed by atoms with Crippen molar-refractivity contribution in [2.24, 2.45) is 5.92 Å². The fourth-order valence-electron chi connectivity index (χ4n) is 3.08. The third kappa shape index (κ3) is 4.94. The Kier molecular flexibility index (Phi) is 7.07. The Morgan fingerprint density at radius 2 is 1.58 bits per heavy atom. The molecule has 0 N–H and O–H groups in total. The van der Waals surface area contributed by atoms with E-state index in [0.29, 0.717) is 29.5 Å². The van der Waals surface area contributed by atoms with Gasteiger partial charge in [0.05, 0.1) is 26.5 Å². The summed E-state index contributed by atoms with van der Waals surface area (Å²) in [5, 5.41) is 4.58. The van der Waals surface area contributed by atoms with Gasteiger partial charge in [-0.2, -0.15) is 5.10 Å². The number of carbonyl (C=O) groups excluding carboxylic acids is 2. The van der Waals surface area contributed by atoms with Gasteiger partial charge in [0.1, 0.15) is 17.0 Å². The Hall–Kier alpha value is -3.61. The fourth-order valence-corrected chi connectivity index (χ4v) is 3.08. The first-order chi connectivity index (χ1) is 15.0. The molecular formula is C24H26N2O5. The van der Waals surface area contributed by atoms with Gasteiger partial charge in [-0.15, -0.1) is 0 Å². The Morgan fingerprint density at radius 3 is 2.16 bits per heavy atom. The molecule has 0 saturated carbocycles. The maximum Gasteiger partial charge on any atom is 0.357 e. The Labute approximate surface area is 181 Å². The summed E-state index contributed by atoms with van der Waals surface area (Å²) in [6.45, 7) is 4.91. The highest BCUT2D eigenvalue weighted by Crippen LogP contribution is 2.30. The normalized spacial score (nSPS) is 10.7. The number of rotatable bonds is 8. The first-order valence-electron chi connectivity index (χ1n) is 10.0. The maximum atomic E-state index is 12.7. The van der Waals surface area contributed by atoms with Crippen molar-refractivity contribution in [1.82, 2.24) is 9.78 Å². The number of methoxy groups -OCH3 is 2. The third-order valence-electron chi connectivity index (χ3n) is 4.75. The molecule has 0 saturated heterocycles. The number of aromatic nitrogens is 2. The van der Waals surface area contributed by atoms with Gasteiger partial charge >= 0.3 is 11.9 Å². The van der Waals surface area contributed by atoms with Crippen LogP contribution in [0, 0.1) is 5.92 Å². The molecule has 31 heavy (non-hydrogen) atoms. The van der Waals surface area contributed by atoms with Gasteiger partial charge in [0.25, 0.3) is 0 Å². The third-order valence-corrected chi connectivity index (χ3v) is 4.75. The molecule has 3 rings (SSSR count). The molecule has 0 aliphatic rings. The first kappa shape index (κ1) is 22.1. The number of carbonyl (C=O) groups is 2. The molecule has 7 nitrogen and oxygen atoms in total. The second-order valence-corrected chi connectivity index (χ2v) is 7.36. The van der Waals surface area contributed by atoms with Crippen LogP contribution in [0.4, 0.5) is 0 Å². The minimum atomic E-state index is -0.684. The van der Waals surface area contributed by atoms with Crippen LogP contribution in [0.2, 0.25) is 0 Å². The average Bonchev–Trinajstić information content (AvgIpc) is 3.19. The van der Waals surface area contributed by atoms with Crippen LogP contribution in [0.3, 0.4) is 0 Å². The van der Waals surface area contributed by atoms with Crippen molar-refractivity contribution in [2.75, 3.05) is 20.8 Å². The Bertz CT molecular complexity index is 1040. The van der Waals surface area contributed by atoms with E-state index in [1.54, 1.807) is 24.3 Å². The van der Waals surface area contributed by atoms with Crippen LogP contribution >= 0.6 is 0 Å². The second kappa shape index (κ2) is 9.93. The summed E-state index contributed by atoms with van der Waals surface area (Å²) in [4.78, 5) is 25.3. The Balaban J connectivity index is 2.08. The molecule has 0 spiro atoms. The molecule has 0 aliphatic carbocycles. The van der Waals surface area contributed by atoms with Gasteiger partial charge < -0.3 is 14.2 Å². The molecule has 0 bridgehead atoms. The van der Waals surface area contributed by atoms with Gasteiger partial charge in [-0.3, -0.25) is 0 Å². The number of benzene rings is 2. The van der Waals surface area contributed by atoms with E-state index >= 15 is 0 Å². The molecule has 162 valence electrons. The molecule has 0 radical (unpaired) electrons. The van der Waals surface area contributed by atoms with Crippen molar-refractivity contribution in [1.29, 1.82) is 0 Å². The number of hydrogen-bond acceptors (Lipinski definition) is 6. The zero-order valence-corrected chi connectivity index (χ0v) is 18.1. The van der Waals surface area contributed by atoms with Crippen molar-refractivity contribution in [3.05, 3.63) is 65.9 Å². The lowest BCUT2D eigenvalue weighted by atomic mass is 10.1. The SMILES string of the molecule is COC(=O)c1c(-c2ccc(OCCC(C)C)cc2)nn(-c2ccccc2)c1C(=O)OC. The summed E-state index contributed by atoms with van der Waals surface area (Å²) < 4.78 is 17.1. The zero-order chi connectivity index (χ0) is 22.4.